The summed E-state index contributed by atoms with van der Waals surface area (Å²) in [6.45, 7) is 0.159. The van der Waals surface area contributed by atoms with Gasteiger partial charge in [-0.25, -0.2) is 9.69 Å². The van der Waals surface area contributed by atoms with E-state index in [1.807, 2.05) is 24.3 Å². The third-order valence-corrected chi connectivity index (χ3v) is 6.42. The van der Waals surface area contributed by atoms with Gasteiger partial charge in [0.2, 0.25) is 5.91 Å². The molecule has 4 amide bonds. The van der Waals surface area contributed by atoms with E-state index in [9.17, 15) is 14.4 Å². The number of urea groups is 1. The summed E-state index contributed by atoms with van der Waals surface area (Å²) in [5, 5.41) is 4.55. The summed E-state index contributed by atoms with van der Waals surface area (Å²) in [6, 6.07) is 12.9. The van der Waals surface area contributed by atoms with Crippen LogP contribution in [-0.4, -0.2) is 47.7 Å². The summed E-state index contributed by atoms with van der Waals surface area (Å²) in [7, 11) is 1.59. The highest BCUT2D eigenvalue weighted by Crippen LogP contribution is 2.36. The molecule has 1 fully saturated rings. The van der Waals surface area contributed by atoms with E-state index in [0.29, 0.717) is 17.3 Å². The van der Waals surface area contributed by atoms with Gasteiger partial charge in [-0.15, -0.1) is 11.8 Å². The zero-order valence-corrected chi connectivity index (χ0v) is 18.2. The number of anilines is 1. The van der Waals surface area contributed by atoms with Crippen LogP contribution in [0.1, 0.15) is 5.56 Å². The number of carbonyl (C=O) groups excluding carboxylic acids is 3. The van der Waals surface area contributed by atoms with Crippen LogP contribution in [0, 0.1) is 0 Å². The molecule has 1 N–H and O–H groups in total. The van der Waals surface area contributed by atoms with Gasteiger partial charge in [0.1, 0.15) is 17.5 Å². The number of nitrogens with one attached hydrogen (secondary N) is 1. The molecule has 2 aromatic rings. The number of halogens is 1. The molecule has 4 rings (SSSR count). The lowest BCUT2D eigenvalue weighted by molar-refractivity contribution is -0.124. The molecule has 0 aromatic heterocycles. The SMILES string of the molecule is COc1ccc(CNC(=O)CN2C(=O)N(c3cccc(Cl)c3)C(=O)C3SC=CC32)cc1. The fraction of sp³-hybridized carbons (Fsp3) is 0.227. The minimum atomic E-state index is -0.541. The first-order chi connectivity index (χ1) is 15.0. The molecule has 0 saturated carbocycles. The molecule has 0 aliphatic carbocycles. The highest BCUT2D eigenvalue weighted by molar-refractivity contribution is 8.03. The van der Waals surface area contributed by atoms with Crippen molar-refractivity contribution in [3.63, 3.8) is 0 Å². The van der Waals surface area contributed by atoms with Crippen LogP contribution >= 0.6 is 23.4 Å². The molecular formula is C22H20ClN3O4S. The van der Waals surface area contributed by atoms with Gasteiger partial charge in [0.15, 0.2) is 0 Å². The lowest BCUT2D eigenvalue weighted by Gasteiger charge is -2.40. The minimum absolute atomic E-state index is 0.161. The van der Waals surface area contributed by atoms with Crippen molar-refractivity contribution in [2.45, 2.75) is 17.8 Å². The van der Waals surface area contributed by atoms with E-state index < -0.39 is 17.3 Å². The van der Waals surface area contributed by atoms with Crippen molar-refractivity contribution in [2.24, 2.45) is 0 Å². The number of imide groups is 1. The van der Waals surface area contributed by atoms with Crippen LogP contribution < -0.4 is 15.0 Å². The monoisotopic (exact) mass is 457 g/mol. The molecule has 2 unspecified atom stereocenters. The molecule has 160 valence electrons. The van der Waals surface area contributed by atoms with Crippen LogP contribution in [-0.2, 0) is 16.1 Å². The first-order valence-electron chi connectivity index (χ1n) is 9.60. The second kappa shape index (κ2) is 9.03. The van der Waals surface area contributed by atoms with E-state index in [0.717, 1.165) is 16.2 Å². The molecule has 2 aliphatic heterocycles. The maximum atomic E-state index is 13.2. The molecule has 2 aliphatic rings. The molecule has 0 radical (unpaired) electrons. The molecule has 0 bridgehead atoms. The molecular weight excluding hydrogens is 438 g/mol. The maximum Gasteiger partial charge on any atom is 0.332 e. The van der Waals surface area contributed by atoms with Crippen LogP contribution in [0.15, 0.2) is 60.0 Å². The standard InChI is InChI=1S/C22H20ClN3O4S/c1-30-17-7-5-14(6-8-17)12-24-19(27)13-25-18-9-10-31-20(18)21(28)26(22(25)29)16-4-2-3-15(23)11-16/h2-11,18,20H,12-13H2,1H3,(H,24,27). The van der Waals surface area contributed by atoms with Crippen LogP contribution in [0.5, 0.6) is 5.75 Å². The van der Waals surface area contributed by atoms with Gasteiger partial charge in [0.25, 0.3) is 5.91 Å². The number of hydrogen-bond donors (Lipinski definition) is 1. The first kappa shape index (κ1) is 21.3. The fourth-order valence-corrected chi connectivity index (χ4v) is 4.75. The van der Waals surface area contributed by atoms with Gasteiger partial charge >= 0.3 is 6.03 Å². The molecule has 0 spiro atoms. The van der Waals surface area contributed by atoms with Gasteiger partial charge in [0, 0.05) is 11.6 Å². The predicted molar refractivity (Wildman–Crippen MR) is 120 cm³/mol. The van der Waals surface area contributed by atoms with Crippen molar-refractivity contribution in [3.05, 3.63) is 70.6 Å². The number of hydrogen-bond acceptors (Lipinski definition) is 5. The third kappa shape index (κ3) is 4.40. The van der Waals surface area contributed by atoms with Crippen molar-refractivity contribution >= 4 is 46.9 Å². The smallest absolute Gasteiger partial charge is 0.332 e. The van der Waals surface area contributed by atoms with E-state index in [-0.39, 0.29) is 18.4 Å². The highest BCUT2D eigenvalue weighted by Gasteiger charge is 2.48. The number of benzene rings is 2. The lowest BCUT2D eigenvalue weighted by atomic mass is 10.1. The number of thioether (sulfide) groups is 1. The maximum absolute atomic E-state index is 13.2. The Morgan fingerprint density at radius 3 is 2.68 bits per heavy atom. The number of methoxy groups -OCH3 is 1. The number of amides is 4. The Bertz CT molecular complexity index is 1040. The van der Waals surface area contributed by atoms with E-state index >= 15 is 0 Å². The van der Waals surface area contributed by atoms with E-state index in [2.05, 4.69) is 5.32 Å². The van der Waals surface area contributed by atoms with Crippen LogP contribution in [0.2, 0.25) is 5.02 Å². The average molecular weight is 458 g/mol. The minimum Gasteiger partial charge on any atom is -0.497 e. The Labute approximate surface area is 189 Å². The molecule has 1 saturated heterocycles. The van der Waals surface area contributed by atoms with Crippen LogP contribution in [0.25, 0.3) is 0 Å². The second-order valence-electron chi connectivity index (χ2n) is 7.06. The van der Waals surface area contributed by atoms with Crippen molar-refractivity contribution in [3.8, 4) is 5.75 Å². The average Bonchev–Trinajstić information content (AvgIpc) is 3.26. The highest BCUT2D eigenvalue weighted by atomic mass is 35.5. The second-order valence-corrected chi connectivity index (χ2v) is 8.55. The number of carbonyl (C=O) groups is 3. The molecule has 2 aromatic carbocycles. The van der Waals surface area contributed by atoms with Crippen molar-refractivity contribution in [2.75, 3.05) is 18.6 Å². The fourth-order valence-electron chi connectivity index (χ4n) is 3.52. The van der Waals surface area contributed by atoms with Gasteiger partial charge in [-0.2, -0.15) is 0 Å². The zero-order valence-electron chi connectivity index (χ0n) is 16.7. The Hall–Kier alpha value is -2.97. The van der Waals surface area contributed by atoms with Gasteiger partial charge in [-0.05, 0) is 41.3 Å². The molecule has 7 nitrogen and oxygen atoms in total. The van der Waals surface area contributed by atoms with Crippen molar-refractivity contribution in [1.82, 2.24) is 10.2 Å². The summed E-state index contributed by atoms with van der Waals surface area (Å²) < 4.78 is 5.13. The van der Waals surface area contributed by atoms with E-state index in [1.54, 1.807) is 42.9 Å². The Morgan fingerprint density at radius 2 is 1.97 bits per heavy atom. The van der Waals surface area contributed by atoms with E-state index in [4.69, 9.17) is 16.3 Å². The Balaban J connectivity index is 1.49. The normalized spacial score (nSPS) is 20.1. The number of fused-ring (bicyclic) bond motifs is 1. The molecule has 31 heavy (non-hydrogen) atoms. The number of ether oxygens (including phenoxy) is 1. The summed E-state index contributed by atoms with van der Waals surface area (Å²) in [5.74, 6) is 0.104. The van der Waals surface area contributed by atoms with Crippen molar-refractivity contribution in [1.29, 1.82) is 0 Å². The molecule has 2 heterocycles. The van der Waals surface area contributed by atoms with Gasteiger partial charge in [-0.3, -0.25) is 9.59 Å². The summed E-state index contributed by atoms with van der Waals surface area (Å²) >= 11 is 7.40. The zero-order chi connectivity index (χ0) is 22.0. The number of nitrogens with zero attached hydrogens (tertiary/aromatic N) is 2. The van der Waals surface area contributed by atoms with Gasteiger partial charge in [-0.1, -0.05) is 35.9 Å². The van der Waals surface area contributed by atoms with Gasteiger partial charge in [0.05, 0.1) is 18.8 Å². The van der Waals surface area contributed by atoms with Crippen LogP contribution in [0.3, 0.4) is 0 Å². The first-order valence-corrected chi connectivity index (χ1v) is 10.9. The largest absolute Gasteiger partial charge is 0.497 e. The summed E-state index contributed by atoms with van der Waals surface area (Å²) in [6.07, 6.45) is 1.79. The number of rotatable bonds is 6. The quantitative estimate of drug-likeness (QED) is 0.719. The molecule has 2 atom stereocenters. The van der Waals surface area contributed by atoms with Crippen LogP contribution in [0.4, 0.5) is 10.5 Å². The third-order valence-electron chi connectivity index (χ3n) is 5.10. The Morgan fingerprint density at radius 1 is 1.19 bits per heavy atom. The van der Waals surface area contributed by atoms with E-state index in [1.165, 1.54) is 16.7 Å². The summed E-state index contributed by atoms with van der Waals surface area (Å²) in [4.78, 5) is 41.4. The summed E-state index contributed by atoms with van der Waals surface area (Å²) in [5.41, 5.74) is 1.29. The lowest BCUT2D eigenvalue weighted by Crippen LogP contribution is -2.63. The topological polar surface area (TPSA) is 79.0 Å². The van der Waals surface area contributed by atoms with Crippen molar-refractivity contribution < 1.29 is 19.1 Å². The van der Waals surface area contributed by atoms with Gasteiger partial charge < -0.3 is 15.0 Å². The molecule has 9 heteroatoms. The Kier molecular flexibility index (Phi) is 6.20. The predicted octanol–water partition coefficient (Wildman–Crippen LogP) is 3.43.